The lowest BCUT2D eigenvalue weighted by Gasteiger charge is -2.30. The van der Waals surface area contributed by atoms with Crippen LogP contribution in [0, 0.1) is 11.8 Å². The number of sulfonamides is 1. The average Bonchev–Trinajstić information content (AvgIpc) is 2.69. The molecule has 1 aromatic carbocycles. The van der Waals surface area contributed by atoms with E-state index in [2.05, 4.69) is 10.6 Å². The molecule has 1 aromatic rings. The molecule has 162 valence electrons. The quantitative estimate of drug-likeness (QED) is 0.660. The van der Waals surface area contributed by atoms with Gasteiger partial charge in [-0.25, -0.2) is 17.5 Å². The molecule has 1 aliphatic heterocycles. The summed E-state index contributed by atoms with van der Waals surface area (Å²) in [5.74, 6) is -0.150. The van der Waals surface area contributed by atoms with Crippen LogP contribution in [0.4, 0.5) is 4.79 Å². The number of ether oxygens (including phenoxy) is 1. The van der Waals surface area contributed by atoms with Crippen LogP contribution in [-0.2, 0) is 26.2 Å². The zero-order valence-electron chi connectivity index (χ0n) is 17.3. The van der Waals surface area contributed by atoms with Gasteiger partial charge in [-0.15, -0.1) is 0 Å². The highest BCUT2D eigenvalue weighted by Gasteiger charge is 2.28. The van der Waals surface area contributed by atoms with Crippen molar-refractivity contribution in [2.75, 3.05) is 25.9 Å². The summed E-state index contributed by atoms with van der Waals surface area (Å²) in [7, 11) is -3.16. The van der Waals surface area contributed by atoms with Gasteiger partial charge in [-0.1, -0.05) is 44.2 Å². The first kappa shape index (κ1) is 23.2. The maximum Gasteiger partial charge on any atom is 0.408 e. The number of piperidine rings is 1. The van der Waals surface area contributed by atoms with Gasteiger partial charge in [0.2, 0.25) is 15.9 Å². The van der Waals surface area contributed by atoms with E-state index in [-0.39, 0.29) is 24.3 Å². The lowest BCUT2D eigenvalue weighted by molar-refractivity contribution is -0.124. The van der Waals surface area contributed by atoms with Crippen LogP contribution >= 0.6 is 0 Å². The van der Waals surface area contributed by atoms with Crippen LogP contribution in [0.1, 0.15) is 32.3 Å². The van der Waals surface area contributed by atoms with Gasteiger partial charge in [0.1, 0.15) is 12.6 Å². The van der Waals surface area contributed by atoms with Crippen molar-refractivity contribution in [2.45, 2.75) is 39.3 Å². The fourth-order valence-electron chi connectivity index (χ4n) is 3.23. The van der Waals surface area contributed by atoms with Gasteiger partial charge in [0.25, 0.3) is 0 Å². The third-order valence-corrected chi connectivity index (χ3v) is 6.35. The first-order valence-corrected chi connectivity index (χ1v) is 11.7. The molecule has 29 heavy (non-hydrogen) atoms. The van der Waals surface area contributed by atoms with Gasteiger partial charge in [-0.05, 0) is 30.2 Å². The fourth-order valence-corrected chi connectivity index (χ4v) is 4.10. The van der Waals surface area contributed by atoms with Gasteiger partial charge in [0, 0.05) is 19.6 Å². The molecule has 1 atom stereocenters. The van der Waals surface area contributed by atoms with Crippen LogP contribution in [0.15, 0.2) is 30.3 Å². The number of carbonyl (C=O) groups excluding carboxylic acids is 2. The summed E-state index contributed by atoms with van der Waals surface area (Å²) in [5.41, 5.74) is 0.869. The van der Waals surface area contributed by atoms with E-state index in [0.29, 0.717) is 32.5 Å². The minimum absolute atomic E-state index is 0.105. The summed E-state index contributed by atoms with van der Waals surface area (Å²) < 4.78 is 29.8. The van der Waals surface area contributed by atoms with E-state index in [9.17, 15) is 18.0 Å². The van der Waals surface area contributed by atoms with Crippen LogP contribution < -0.4 is 10.6 Å². The highest BCUT2D eigenvalue weighted by atomic mass is 32.2. The van der Waals surface area contributed by atoms with Crippen molar-refractivity contribution in [3.05, 3.63) is 35.9 Å². The Morgan fingerprint density at radius 1 is 1.17 bits per heavy atom. The topological polar surface area (TPSA) is 105 Å². The molecule has 0 saturated carbocycles. The van der Waals surface area contributed by atoms with Crippen molar-refractivity contribution in [2.24, 2.45) is 11.8 Å². The van der Waals surface area contributed by atoms with E-state index < -0.39 is 22.2 Å². The predicted molar refractivity (Wildman–Crippen MR) is 111 cm³/mol. The molecule has 0 bridgehead atoms. The first-order chi connectivity index (χ1) is 13.7. The van der Waals surface area contributed by atoms with Crippen LogP contribution in [0.2, 0.25) is 0 Å². The summed E-state index contributed by atoms with van der Waals surface area (Å²) >= 11 is 0. The van der Waals surface area contributed by atoms with Crippen molar-refractivity contribution >= 4 is 22.0 Å². The lowest BCUT2D eigenvalue weighted by Crippen LogP contribution is -2.51. The Balaban J connectivity index is 1.78. The lowest BCUT2D eigenvalue weighted by atomic mass is 9.97. The van der Waals surface area contributed by atoms with E-state index in [1.165, 1.54) is 10.6 Å². The second-order valence-electron chi connectivity index (χ2n) is 7.78. The van der Waals surface area contributed by atoms with Crippen LogP contribution in [0.3, 0.4) is 0 Å². The molecule has 9 heteroatoms. The Labute approximate surface area is 173 Å². The molecule has 0 aliphatic carbocycles. The molecule has 0 radical (unpaired) electrons. The summed E-state index contributed by atoms with van der Waals surface area (Å²) in [4.78, 5) is 24.7. The molecule has 2 N–H and O–H groups in total. The zero-order valence-corrected chi connectivity index (χ0v) is 18.1. The van der Waals surface area contributed by atoms with E-state index in [0.717, 1.165) is 5.56 Å². The van der Waals surface area contributed by atoms with Gasteiger partial charge in [-0.3, -0.25) is 4.79 Å². The number of amides is 2. The minimum Gasteiger partial charge on any atom is -0.445 e. The molecule has 0 aromatic heterocycles. The maximum atomic E-state index is 12.6. The van der Waals surface area contributed by atoms with Crippen molar-refractivity contribution in [3.8, 4) is 0 Å². The van der Waals surface area contributed by atoms with Crippen molar-refractivity contribution in [1.29, 1.82) is 0 Å². The van der Waals surface area contributed by atoms with E-state index >= 15 is 0 Å². The Hall–Kier alpha value is -2.13. The molecule has 1 saturated heterocycles. The smallest absolute Gasteiger partial charge is 0.408 e. The number of alkyl carbamates (subject to hydrolysis) is 1. The normalized spacial score (nSPS) is 17.0. The SMILES string of the molecule is CC(C)[C@H](NC(=O)OCc1ccccc1)C(=O)NCC1CCN(S(C)(=O)=O)CC1. The van der Waals surface area contributed by atoms with E-state index in [4.69, 9.17) is 4.74 Å². The third-order valence-electron chi connectivity index (χ3n) is 5.04. The number of carbonyl (C=O) groups is 2. The molecule has 8 nitrogen and oxygen atoms in total. The van der Waals surface area contributed by atoms with Crippen molar-refractivity contribution in [1.82, 2.24) is 14.9 Å². The van der Waals surface area contributed by atoms with Crippen LogP contribution in [0.25, 0.3) is 0 Å². The predicted octanol–water partition coefficient (Wildman–Crippen LogP) is 1.73. The fraction of sp³-hybridized carbons (Fsp3) is 0.600. The Morgan fingerprint density at radius 2 is 1.79 bits per heavy atom. The largest absolute Gasteiger partial charge is 0.445 e. The highest BCUT2D eigenvalue weighted by molar-refractivity contribution is 7.88. The molecule has 2 amide bonds. The molecule has 2 rings (SSSR count). The van der Waals surface area contributed by atoms with Gasteiger partial charge in [0.15, 0.2) is 0 Å². The molecular formula is C20H31N3O5S. The van der Waals surface area contributed by atoms with E-state index in [1.54, 1.807) is 0 Å². The second kappa shape index (κ2) is 10.6. The van der Waals surface area contributed by atoms with Crippen molar-refractivity contribution in [3.63, 3.8) is 0 Å². The number of hydrogen-bond acceptors (Lipinski definition) is 5. The Bertz CT molecular complexity index is 775. The monoisotopic (exact) mass is 425 g/mol. The highest BCUT2D eigenvalue weighted by Crippen LogP contribution is 2.18. The zero-order chi connectivity index (χ0) is 21.4. The van der Waals surface area contributed by atoms with Gasteiger partial charge >= 0.3 is 6.09 Å². The van der Waals surface area contributed by atoms with Crippen LogP contribution in [0.5, 0.6) is 0 Å². The number of nitrogens with one attached hydrogen (secondary N) is 2. The van der Waals surface area contributed by atoms with Gasteiger partial charge in [-0.2, -0.15) is 0 Å². The molecule has 0 unspecified atom stereocenters. The molecular weight excluding hydrogens is 394 g/mol. The standard InChI is InChI=1S/C20H31N3O5S/c1-15(2)18(22-20(25)28-14-17-7-5-4-6-8-17)19(24)21-13-16-9-11-23(12-10-16)29(3,26)27/h4-8,15-16,18H,9-14H2,1-3H3,(H,21,24)(H,22,25)/t18-/m0/s1. The Morgan fingerprint density at radius 3 is 2.34 bits per heavy atom. The Kier molecular flexibility index (Phi) is 8.45. The summed E-state index contributed by atoms with van der Waals surface area (Å²) in [6.07, 6.45) is 1.98. The number of nitrogens with zero attached hydrogens (tertiary/aromatic N) is 1. The summed E-state index contributed by atoms with van der Waals surface area (Å²) in [5, 5.41) is 5.53. The maximum absolute atomic E-state index is 12.6. The minimum atomic E-state index is -3.16. The third kappa shape index (κ3) is 7.66. The van der Waals surface area contributed by atoms with Crippen LogP contribution in [-0.4, -0.2) is 56.7 Å². The molecule has 0 spiro atoms. The summed E-state index contributed by atoms with van der Waals surface area (Å²) in [6.45, 7) is 5.24. The second-order valence-corrected chi connectivity index (χ2v) is 9.76. The summed E-state index contributed by atoms with van der Waals surface area (Å²) in [6, 6.07) is 8.62. The van der Waals surface area contributed by atoms with E-state index in [1.807, 2.05) is 44.2 Å². The molecule has 1 heterocycles. The number of hydrogen-bond donors (Lipinski definition) is 2. The number of rotatable bonds is 8. The van der Waals surface area contributed by atoms with Gasteiger partial charge < -0.3 is 15.4 Å². The first-order valence-electron chi connectivity index (χ1n) is 9.87. The molecule has 1 aliphatic rings. The average molecular weight is 426 g/mol. The molecule has 1 fully saturated rings. The van der Waals surface area contributed by atoms with Gasteiger partial charge in [0.05, 0.1) is 6.26 Å². The number of benzene rings is 1. The van der Waals surface area contributed by atoms with Crippen molar-refractivity contribution < 1.29 is 22.7 Å².